The van der Waals surface area contributed by atoms with Crippen LogP contribution in [-0.4, -0.2) is 18.6 Å². The molecule has 2 N–H and O–H groups in total. The van der Waals surface area contributed by atoms with Gasteiger partial charge in [0.1, 0.15) is 12.4 Å². The molecule has 0 amide bonds. The zero-order valence-corrected chi connectivity index (χ0v) is 6.79. The highest BCUT2D eigenvalue weighted by Gasteiger charge is 2.53. The van der Waals surface area contributed by atoms with Gasteiger partial charge in [0.05, 0.1) is 6.17 Å². The SMILES string of the molecule is FC1CCCC2C3NOC(N3)C12. The molecular weight excluding hydrogens is 159 g/mol. The molecule has 2 aliphatic heterocycles. The molecule has 0 radical (unpaired) electrons. The number of hydroxylamine groups is 1. The molecule has 68 valence electrons. The lowest BCUT2D eigenvalue weighted by molar-refractivity contribution is -0.0949. The summed E-state index contributed by atoms with van der Waals surface area (Å²) in [4.78, 5) is 5.19. The first kappa shape index (κ1) is 7.24. The number of nitrogens with one attached hydrogen (secondary N) is 2. The maximum Gasteiger partial charge on any atom is 0.136 e. The number of rotatable bonds is 0. The maximum atomic E-state index is 13.4. The predicted molar refractivity (Wildman–Crippen MR) is 40.7 cm³/mol. The van der Waals surface area contributed by atoms with Crippen molar-refractivity contribution in [2.75, 3.05) is 0 Å². The molecule has 0 aromatic heterocycles. The summed E-state index contributed by atoms with van der Waals surface area (Å²) in [6.07, 6.45) is 2.35. The molecule has 5 atom stereocenters. The summed E-state index contributed by atoms with van der Waals surface area (Å²) in [5.74, 6) is 0.553. The summed E-state index contributed by atoms with van der Waals surface area (Å²) in [6.45, 7) is 0. The predicted octanol–water partition coefficient (Wildman–Crippen LogP) is 0.531. The summed E-state index contributed by atoms with van der Waals surface area (Å²) < 4.78 is 13.4. The normalized spacial score (nSPS) is 57.2. The second kappa shape index (κ2) is 2.40. The molecule has 0 spiro atoms. The van der Waals surface area contributed by atoms with Gasteiger partial charge >= 0.3 is 0 Å². The van der Waals surface area contributed by atoms with Gasteiger partial charge in [0.2, 0.25) is 0 Å². The Bertz CT molecular complexity index is 201. The Hall–Kier alpha value is -0.190. The van der Waals surface area contributed by atoms with Crippen LogP contribution in [0.4, 0.5) is 4.39 Å². The lowest BCUT2D eigenvalue weighted by Gasteiger charge is -2.35. The average molecular weight is 172 g/mol. The highest BCUT2D eigenvalue weighted by Crippen LogP contribution is 2.42. The molecule has 0 aromatic rings. The molecule has 3 aliphatic rings. The van der Waals surface area contributed by atoms with E-state index in [2.05, 4.69) is 10.8 Å². The van der Waals surface area contributed by atoms with Crippen molar-refractivity contribution >= 4 is 0 Å². The molecule has 2 heterocycles. The summed E-state index contributed by atoms with van der Waals surface area (Å²) >= 11 is 0. The van der Waals surface area contributed by atoms with Gasteiger partial charge in [-0.3, -0.25) is 10.2 Å². The van der Waals surface area contributed by atoms with Crippen molar-refractivity contribution in [1.82, 2.24) is 10.8 Å². The first-order chi connectivity index (χ1) is 5.86. The Balaban J connectivity index is 1.86. The average Bonchev–Trinajstić information content (AvgIpc) is 2.64. The van der Waals surface area contributed by atoms with Crippen molar-refractivity contribution < 1.29 is 9.23 Å². The molecule has 3 fully saturated rings. The standard InChI is InChI=1S/C8H13FN2O/c9-5-3-1-2-4-6(5)8-10-7(4)11-12-8/h4-8,10-11H,1-3H2. The van der Waals surface area contributed by atoms with Crippen LogP contribution in [0.15, 0.2) is 0 Å². The van der Waals surface area contributed by atoms with Gasteiger partial charge in [-0.15, -0.1) is 0 Å². The van der Waals surface area contributed by atoms with Gasteiger partial charge in [0.15, 0.2) is 0 Å². The summed E-state index contributed by atoms with van der Waals surface area (Å²) in [7, 11) is 0. The molecule has 5 unspecified atom stereocenters. The van der Waals surface area contributed by atoms with Crippen molar-refractivity contribution in [3.8, 4) is 0 Å². The fraction of sp³-hybridized carbons (Fsp3) is 1.00. The van der Waals surface area contributed by atoms with Gasteiger partial charge in [-0.2, -0.15) is 5.48 Å². The van der Waals surface area contributed by atoms with Crippen LogP contribution in [-0.2, 0) is 4.84 Å². The van der Waals surface area contributed by atoms with Crippen molar-refractivity contribution in [2.24, 2.45) is 11.8 Å². The lowest BCUT2D eigenvalue weighted by atomic mass is 9.78. The lowest BCUT2D eigenvalue weighted by Crippen LogP contribution is -2.44. The Morgan fingerprint density at radius 2 is 2.25 bits per heavy atom. The van der Waals surface area contributed by atoms with E-state index in [0.717, 1.165) is 19.3 Å². The zero-order valence-electron chi connectivity index (χ0n) is 6.79. The van der Waals surface area contributed by atoms with Crippen molar-refractivity contribution in [2.45, 2.75) is 37.8 Å². The third kappa shape index (κ3) is 0.802. The van der Waals surface area contributed by atoms with E-state index in [0.29, 0.717) is 5.92 Å². The van der Waals surface area contributed by atoms with Gasteiger partial charge in [-0.1, -0.05) is 6.42 Å². The van der Waals surface area contributed by atoms with Crippen LogP contribution in [0.25, 0.3) is 0 Å². The fourth-order valence-electron chi connectivity index (χ4n) is 2.80. The smallest absolute Gasteiger partial charge is 0.136 e. The van der Waals surface area contributed by atoms with Gasteiger partial charge in [-0.25, -0.2) is 4.39 Å². The van der Waals surface area contributed by atoms with Crippen LogP contribution in [0.2, 0.25) is 0 Å². The van der Waals surface area contributed by atoms with Gasteiger partial charge in [0.25, 0.3) is 0 Å². The van der Waals surface area contributed by atoms with E-state index in [1.165, 1.54) is 0 Å². The summed E-state index contributed by atoms with van der Waals surface area (Å²) in [5.41, 5.74) is 2.90. The number of hydrogen-bond donors (Lipinski definition) is 2. The van der Waals surface area contributed by atoms with Crippen LogP contribution in [0, 0.1) is 11.8 Å². The largest absolute Gasteiger partial charge is 0.281 e. The van der Waals surface area contributed by atoms with Crippen molar-refractivity contribution in [3.63, 3.8) is 0 Å². The molecule has 0 aromatic carbocycles. The minimum Gasteiger partial charge on any atom is -0.281 e. The Morgan fingerprint density at radius 3 is 3.08 bits per heavy atom. The highest BCUT2D eigenvalue weighted by molar-refractivity contribution is 4.99. The third-order valence-corrected chi connectivity index (χ3v) is 3.37. The summed E-state index contributed by atoms with van der Waals surface area (Å²) in [5, 5.41) is 3.23. The van der Waals surface area contributed by atoms with E-state index in [1.54, 1.807) is 0 Å². The topological polar surface area (TPSA) is 33.3 Å². The van der Waals surface area contributed by atoms with E-state index >= 15 is 0 Å². The van der Waals surface area contributed by atoms with E-state index in [-0.39, 0.29) is 18.3 Å². The van der Waals surface area contributed by atoms with Gasteiger partial charge < -0.3 is 0 Å². The number of halogens is 1. The Morgan fingerprint density at radius 1 is 1.33 bits per heavy atom. The molecule has 2 saturated heterocycles. The number of hydrogen-bond acceptors (Lipinski definition) is 3. The van der Waals surface area contributed by atoms with Crippen LogP contribution in [0.3, 0.4) is 0 Å². The Labute approximate surface area is 70.6 Å². The van der Waals surface area contributed by atoms with Crippen LogP contribution in [0.5, 0.6) is 0 Å². The number of fused-ring (bicyclic) bond motifs is 5. The van der Waals surface area contributed by atoms with E-state index in [9.17, 15) is 4.39 Å². The summed E-state index contributed by atoms with van der Waals surface area (Å²) in [6, 6.07) is 0. The molecule has 3 nitrogen and oxygen atoms in total. The van der Waals surface area contributed by atoms with Crippen LogP contribution >= 0.6 is 0 Å². The maximum absolute atomic E-state index is 13.4. The van der Waals surface area contributed by atoms with Crippen LogP contribution < -0.4 is 10.8 Å². The zero-order chi connectivity index (χ0) is 8.13. The quantitative estimate of drug-likeness (QED) is 0.559. The fourth-order valence-corrected chi connectivity index (χ4v) is 2.80. The second-order valence-electron chi connectivity index (χ2n) is 3.99. The monoisotopic (exact) mass is 172 g/mol. The molecule has 12 heavy (non-hydrogen) atoms. The minimum atomic E-state index is -0.659. The molecule has 3 rings (SSSR count). The Kier molecular flexibility index (Phi) is 1.45. The highest BCUT2D eigenvalue weighted by atomic mass is 19.1. The molecular formula is C8H13FN2O. The first-order valence-electron chi connectivity index (χ1n) is 4.67. The molecule has 1 aliphatic carbocycles. The minimum absolute atomic E-state index is 0.0738. The van der Waals surface area contributed by atoms with Gasteiger partial charge in [-0.05, 0) is 18.8 Å². The third-order valence-electron chi connectivity index (χ3n) is 3.37. The molecule has 1 saturated carbocycles. The van der Waals surface area contributed by atoms with E-state index < -0.39 is 6.17 Å². The number of alkyl halides is 1. The van der Waals surface area contributed by atoms with Crippen LogP contribution in [0.1, 0.15) is 19.3 Å². The molecule has 2 bridgehead atoms. The first-order valence-corrected chi connectivity index (χ1v) is 4.67. The second-order valence-corrected chi connectivity index (χ2v) is 3.99. The van der Waals surface area contributed by atoms with E-state index in [1.807, 2.05) is 0 Å². The van der Waals surface area contributed by atoms with Gasteiger partial charge in [0, 0.05) is 5.92 Å². The van der Waals surface area contributed by atoms with Crippen molar-refractivity contribution in [3.05, 3.63) is 0 Å². The molecule has 4 heteroatoms. The van der Waals surface area contributed by atoms with E-state index in [4.69, 9.17) is 4.84 Å². The van der Waals surface area contributed by atoms with Crippen molar-refractivity contribution in [1.29, 1.82) is 0 Å².